The number of rotatable bonds is 3. The van der Waals surface area contributed by atoms with E-state index in [-0.39, 0.29) is 4.83 Å². The van der Waals surface area contributed by atoms with Gasteiger partial charge in [0.25, 0.3) is 0 Å². The van der Waals surface area contributed by atoms with Crippen LogP contribution < -0.4 is 4.74 Å². The summed E-state index contributed by atoms with van der Waals surface area (Å²) in [6.07, 6.45) is 0. The molecule has 0 aliphatic heterocycles. The minimum absolute atomic E-state index is 0.186. The highest BCUT2D eigenvalue weighted by molar-refractivity contribution is 9.09. The van der Waals surface area contributed by atoms with E-state index in [1.54, 1.807) is 18.4 Å². The first kappa shape index (κ1) is 12.9. The van der Waals surface area contributed by atoms with Crippen molar-refractivity contribution in [2.24, 2.45) is 0 Å². The molecule has 1 unspecified atom stereocenters. The first-order valence-electron chi connectivity index (χ1n) is 5.15. The Morgan fingerprint density at radius 1 is 1.35 bits per heavy atom. The van der Waals surface area contributed by atoms with Crippen LogP contribution in [0.1, 0.15) is 20.8 Å². The van der Waals surface area contributed by atoms with E-state index in [9.17, 15) is 0 Å². The highest BCUT2D eigenvalue weighted by atomic mass is 79.9. The average molecular weight is 332 g/mol. The van der Waals surface area contributed by atoms with E-state index in [1.807, 2.05) is 18.2 Å². The zero-order valence-electron chi connectivity index (χ0n) is 9.54. The second-order valence-corrected chi connectivity index (χ2v) is 5.99. The second-order valence-electron chi connectivity index (χ2n) is 3.72. The van der Waals surface area contributed by atoms with E-state index >= 15 is 0 Å². The highest BCUT2D eigenvalue weighted by Crippen LogP contribution is 2.38. The first-order valence-corrected chi connectivity index (χ1v) is 7.32. The summed E-state index contributed by atoms with van der Waals surface area (Å²) in [7, 11) is 1.62. The Balaban J connectivity index is 2.35. The molecule has 0 radical (unpaired) electrons. The van der Waals surface area contributed by atoms with Crippen LogP contribution in [0.4, 0.5) is 0 Å². The molecular formula is C13H12BrClOS. The van der Waals surface area contributed by atoms with Gasteiger partial charge in [-0.3, -0.25) is 0 Å². The van der Waals surface area contributed by atoms with Crippen LogP contribution in [0.25, 0.3) is 0 Å². The molecule has 0 saturated carbocycles. The quantitative estimate of drug-likeness (QED) is 0.702. The van der Waals surface area contributed by atoms with Gasteiger partial charge in [-0.05, 0) is 41.6 Å². The topological polar surface area (TPSA) is 9.23 Å². The summed E-state index contributed by atoms with van der Waals surface area (Å²) in [5.74, 6) is 0.706. The number of halogens is 2. The van der Waals surface area contributed by atoms with Gasteiger partial charge in [0.1, 0.15) is 5.75 Å². The van der Waals surface area contributed by atoms with Crippen LogP contribution in [0, 0.1) is 6.92 Å². The maximum Gasteiger partial charge on any atom is 0.137 e. The molecule has 0 aliphatic rings. The van der Waals surface area contributed by atoms with Crippen LogP contribution in [0.3, 0.4) is 0 Å². The Morgan fingerprint density at radius 2 is 2.12 bits per heavy atom. The Morgan fingerprint density at radius 3 is 2.65 bits per heavy atom. The lowest BCUT2D eigenvalue weighted by Crippen LogP contribution is -1.93. The van der Waals surface area contributed by atoms with Crippen LogP contribution >= 0.6 is 38.9 Å². The summed E-state index contributed by atoms with van der Waals surface area (Å²) in [6.45, 7) is 2.12. The molecule has 17 heavy (non-hydrogen) atoms. The summed E-state index contributed by atoms with van der Waals surface area (Å²) in [4.78, 5) is 1.50. The van der Waals surface area contributed by atoms with E-state index in [0.717, 1.165) is 5.56 Å². The molecule has 1 aromatic heterocycles. The van der Waals surface area contributed by atoms with Gasteiger partial charge in [0.05, 0.1) is 17.0 Å². The van der Waals surface area contributed by atoms with Gasteiger partial charge in [-0.1, -0.05) is 33.6 Å². The fourth-order valence-electron chi connectivity index (χ4n) is 1.64. The summed E-state index contributed by atoms with van der Waals surface area (Å²) in [5, 5.41) is 2.74. The van der Waals surface area contributed by atoms with Crippen molar-refractivity contribution < 1.29 is 4.74 Å². The largest absolute Gasteiger partial charge is 0.495 e. The SMILES string of the molecule is COc1ccc(C(Br)c2sccc2C)cc1Cl. The van der Waals surface area contributed by atoms with Gasteiger partial charge < -0.3 is 4.74 Å². The monoisotopic (exact) mass is 330 g/mol. The first-order chi connectivity index (χ1) is 8.13. The van der Waals surface area contributed by atoms with Crippen molar-refractivity contribution in [1.82, 2.24) is 0 Å². The van der Waals surface area contributed by atoms with Crippen molar-refractivity contribution in [3.63, 3.8) is 0 Å². The third-order valence-corrected chi connectivity index (χ3v) is 5.27. The molecule has 0 spiro atoms. The number of thiophene rings is 1. The van der Waals surface area contributed by atoms with Gasteiger partial charge in [0.2, 0.25) is 0 Å². The molecule has 0 bridgehead atoms. The Hall–Kier alpha value is -0.510. The number of hydrogen-bond acceptors (Lipinski definition) is 2. The lowest BCUT2D eigenvalue weighted by atomic mass is 10.1. The molecule has 0 amide bonds. The summed E-state index contributed by atoms with van der Waals surface area (Å²) in [6, 6.07) is 8.00. The molecule has 0 fully saturated rings. The van der Waals surface area contributed by atoms with Crippen molar-refractivity contribution in [1.29, 1.82) is 0 Å². The molecule has 2 rings (SSSR count). The van der Waals surface area contributed by atoms with Crippen LogP contribution in [0.5, 0.6) is 5.75 Å². The zero-order valence-corrected chi connectivity index (χ0v) is 12.7. The van der Waals surface area contributed by atoms with Crippen LogP contribution in [-0.2, 0) is 0 Å². The number of benzene rings is 1. The maximum absolute atomic E-state index is 6.13. The lowest BCUT2D eigenvalue weighted by Gasteiger charge is -2.11. The standard InChI is InChI=1S/C13H12BrClOS/c1-8-5-6-17-13(8)12(14)9-3-4-11(16-2)10(15)7-9/h3-7,12H,1-2H3. The van der Waals surface area contributed by atoms with Gasteiger partial charge >= 0.3 is 0 Å². The maximum atomic E-state index is 6.13. The minimum Gasteiger partial charge on any atom is -0.495 e. The zero-order chi connectivity index (χ0) is 12.4. The minimum atomic E-state index is 0.186. The molecule has 0 N–H and O–H groups in total. The summed E-state index contributed by atoms with van der Waals surface area (Å²) < 4.78 is 5.15. The van der Waals surface area contributed by atoms with Crippen molar-refractivity contribution >= 4 is 38.9 Å². The molecular weight excluding hydrogens is 320 g/mol. The van der Waals surface area contributed by atoms with E-state index in [0.29, 0.717) is 10.8 Å². The van der Waals surface area contributed by atoms with Crippen molar-refractivity contribution in [3.05, 3.63) is 50.7 Å². The highest BCUT2D eigenvalue weighted by Gasteiger charge is 2.15. The molecule has 1 atom stereocenters. The average Bonchev–Trinajstić information content (AvgIpc) is 2.74. The predicted molar refractivity (Wildman–Crippen MR) is 77.8 cm³/mol. The summed E-state index contributed by atoms with van der Waals surface area (Å²) >= 11 is 11.6. The summed E-state index contributed by atoms with van der Waals surface area (Å²) in [5.41, 5.74) is 2.44. The Labute approximate surface area is 119 Å². The Kier molecular flexibility index (Phi) is 4.13. The van der Waals surface area contributed by atoms with Crippen LogP contribution in [0.15, 0.2) is 29.6 Å². The number of alkyl halides is 1. The molecule has 0 saturated heterocycles. The van der Waals surface area contributed by atoms with Gasteiger partial charge in [-0.15, -0.1) is 11.3 Å². The van der Waals surface area contributed by atoms with Crippen molar-refractivity contribution in [2.75, 3.05) is 7.11 Å². The molecule has 0 aliphatic carbocycles. The van der Waals surface area contributed by atoms with E-state index < -0.39 is 0 Å². The Bertz CT molecular complexity index is 524. The molecule has 2 aromatic rings. The van der Waals surface area contributed by atoms with Crippen molar-refractivity contribution in [3.8, 4) is 5.75 Å². The van der Waals surface area contributed by atoms with Crippen LogP contribution in [-0.4, -0.2) is 7.11 Å². The van der Waals surface area contributed by atoms with E-state index in [1.165, 1.54) is 10.4 Å². The van der Waals surface area contributed by atoms with E-state index in [4.69, 9.17) is 16.3 Å². The molecule has 90 valence electrons. The normalized spacial score (nSPS) is 12.5. The molecule has 1 heterocycles. The third kappa shape index (κ3) is 2.67. The number of ether oxygens (including phenoxy) is 1. The fourth-order valence-corrected chi connectivity index (χ4v) is 3.80. The lowest BCUT2D eigenvalue weighted by molar-refractivity contribution is 0.415. The van der Waals surface area contributed by atoms with E-state index in [2.05, 4.69) is 34.3 Å². The number of hydrogen-bond donors (Lipinski definition) is 0. The van der Waals surface area contributed by atoms with Gasteiger partial charge in [0.15, 0.2) is 0 Å². The molecule has 1 aromatic carbocycles. The van der Waals surface area contributed by atoms with Gasteiger partial charge in [-0.25, -0.2) is 0 Å². The predicted octanol–water partition coefficient (Wildman–Crippen LogP) is 5.20. The molecule has 1 nitrogen and oxygen atoms in total. The number of methoxy groups -OCH3 is 1. The number of aryl methyl sites for hydroxylation is 1. The smallest absolute Gasteiger partial charge is 0.137 e. The molecule has 4 heteroatoms. The van der Waals surface area contributed by atoms with Crippen molar-refractivity contribution in [2.45, 2.75) is 11.8 Å². The fraction of sp³-hybridized carbons (Fsp3) is 0.231. The third-order valence-electron chi connectivity index (χ3n) is 2.60. The second kappa shape index (κ2) is 5.42. The van der Waals surface area contributed by atoms with Gasteiger partial charge in [-0.2, -0.15) is 0 Å². The van der Waals surface area contributed by atoms with Crippen LogP contribution in [0.2, 0.25) is 5.02 Å². The van der Waals surface area contributed by atoms with Gasteiger partial charge in [0, 0.05) is 4.88 Å².